The molecule has 0 aromatic heterocycles. The second-order valence-corrected chi connectivity index (χ2v) is 1.71. The van der Waals surface area contributed by atoms with Crippen LogP contribution in [0, 0.1) is 0 Å². The van der Waals surface area contributed by atoms with E-state index in [1.165, 1.54) is 0 Å². The quantitative estimate of drug-likeness (QED) is 0.516. The topological polar surface area (TPSA) is 30.5 Å². The van der Waals surface area contributed by atoms with E-state index in [0.717, 1.165) is 11.5 Å². The Morgan fingerprint density at radius 3 is 3.22 bits per heavy atom. The van der Waals surface area contributed by atoms with Crippen molar-refractivity contribution in [1.29, 1.82) is 0 Å². The number of allylic oxidation sites excluding steroid dienone is 2. The van der Waals surface area contributed by atoms with Gasteiger partial charge in [0, 0.05) is 0 Å². The van der Waals surface area contributed by atoms with Gasteiger partial charge in [-0.2, -0.15) is 0 Å². The molecule has 0 aliphatic carbocycles. The summed E-state index contributed by atoms with van der Waals surface area (Å²) >= 11 is 0. The number of rotatable bonds is 0. The molecule has 3 nitrogen and oxygen atoms in total. The Hall–Kier alpha value is -1.38. The molecule has 9 heavy (non-hydrogen) atoms. The van der Waals surface area contributed by atoms with Crippen molar-refractivity contribution in [3.63, 3.8) is 0 Å². The molecule has 0 aromatic carbocycles. The molecule has 0 atom stereocenters. The minimum Gasteiger partial charge on any atom is -0.459 e. The number of hydrogen-bond acceptors (Lipinski definition) is 3. The van der Waals surface area contributed by atoms with Gasteiger partial charge in [-0.3, -0.25) is 0 Å². The summed E-state index contributed by atoms with van der Waals surface area (Å²) in [6.45, 7) is 0. The first-order chi connectivity index (χ1) is 4.47. The van der Waals surface area contributed by atoms with E-state index in [2.05, 4.69) is 5.48 Å². The monoisotopic (exact) mass is 123 g/mol. The van der Waals surface area contributed by atoms with E-state index in [0.29, 0.717) is 0 Å². The van der Waals surface area contributed by atoms with Crippen molar-refractivity contribution in [2.24, 2.45) is 0 Å². The van der Waals surface area contributed by atoms with Crippen LogP contribution in [0.1, 0.15) is 0 Å². The van der Waals surface area contributed by atoms with E-state index in [1.54, 1.807) is 18.5 Å². The number of nitrogens with one attached hydrogen (secondary N) is 1. The van der Waals surface area contributed by atoms with Crippen molar-refractivity contribution >= 4 is 0 Å². The van der Waals surface area contributed by atoms with Gasteiger partial charge in [0.2, 0.25) is 0 Å². The average molecular weight is 123 g/mol. The maximum atomic E-state index is 5.03. The molecule has 0 radical (unpaired) electrons. The molecule has 3 heteroatoms. The van der Waals surface area contributed by atoms with Gasteiger partial charge in [-0.15, -0.1) is 0 Å². The molecule has 2 rings (SSSR count). The number of fused-ring (bicyclic) bond motifs is 1. The standard InChI is InChI=1S/C6H5NO2/c1-2-5-6(8-3-1)4-7-9-5/h1-4,7H. The lowest BCUT2D eigenvalue weighted by Gasteiger charge is -2.03. The van der Waals surface area contributed by atoms with Gasteiger partial charge in [0.15, 0.2) is 11.5 Å². The molecule has 0 saturated heterocycles. The zero-order valence-electron chi connectivity index (χ0n) is 4.63. The zero-order chi connectivity index (χ0) is 6.10. The van der Waals surface area contributed by atoms with Crippen molar-refractivity contribution in [3.05, 3.63) is 36.1 Å². The second-order valence-electron chi connectivity index (χ2n) is 1.71. The molecule has 2 aliphatic rings. The number of hydrogen-bond donors (Lipinski definition) is 1. The Bertz CT molecular complexity index is 215. The zero-order valence-corrected chi connectivity index (χ0v) is 4.63. The lowest BCUT2D eigenvalue weighted by Crippen LogP contribution is -1.97. The molecule has 0 saturated carbocycles. The van der Waals surface area contributed by atoms with Gasteiger partial charge in [0.1, 0.15) is 0 Å². The largest absolute Gasteiger partial charge is 0.459 e. The Kier molecular flexibility index (Phi) is 0.773. The van der Waals surface area contributed by atoms with Crippen LogP contribution >= 0.6 is 0 Å². The van der Waals surface area contributed by atoms with E-state index in [9.17, 15) is 0 Å². The lowest BCUT2D eigenvalue weighted by molar-refractivity contribution is 0.158. The van der Waals surface area contributed by atoms with Gasteiger partial charge in [-0.1, -0.05) is 0 Å². The van der Waals surface area contributed by atoms with Crippen LogP contribution in [0.25, 0.3) is 0 Å². The van der Waals surface area contributed by atoms with E-state index in [4.69, 9.17) is 9.57 Å². The maximum absolute atomic E-state index is 5.03. The highest BCUT2D eigenvalue weighted by Crippen LogP contribution is 2.19. The second kappa shape index (κ2) is 1.55. The smallest absolute Gasteiger partial charge is 0.199 e. The molecule has 0 fully saturated rings. The summed E-state index contributed by atoms with van der Waals surface area (Å²) in [6, 6.07) is 0. The van der Waals surface area contributed by atoms with Crippen molar-refractivity contribution in [1.82, 2.24) is 5.48 Å². The summed E-state index contributed by atoms with van der Waals surface area (Å²) in [5.41, 5.74) is 2.57. The van der Waals surface area contributed by atoms with E-state index in [-0.39, 0.29) is 0 Å². The molecule has 46 valence electrons. The average Bonchev–Trinajstić information content (AvgIpc) is 2.33. The van der Waals surface area contributed by atoms with Gasteiger partial charge in [-0.05, 0) is 12.2 Å². The normalized spacial score (nSPS) is 20.4. The highest BCUT2D eigenvalue weighted by atomic mass is 16.7. The summed E-state index contributed by atoms with van der Waals surface area (Å²) in [4.78, 5) is 4.90. The van der Waals surface area contributed by atoms with Gasteiger partial charge < -0.3 is 9.57 Å². The Balaban J connectivity index is 2.37. The van der Waals surface area contributed by atoms with Crippen LogP contribution in [0.15, 0.2) is 36.1 Å². The molecule has 0 bridgehead atoms. The summed E-state index contributed by atoms with van der Waals surface area (Å²) in [7, 11) is 0. The Labute approximate surface area is 52.2 Å². The van der Waals surface area contributed by atoms with Crippen LogP contribution < -0.4 is 5.48 Å². The lowest BCUT2D eigenvalue weighted by atomic mass is 10.3. The van der Waals surface area contributed by atoms with Crippen LogP contribution in [0.3, 0.4) is 0 Å². The fourth-order valence-electron chi connectivity index (χ4n) is 0.715. The van der Waals surface area contributed by atoms with Crippen molar-refractivity contribution < 1.29 is 9.57 Å². The molecule has 0 amide bonds. The van der Waals surface area contributed by atoms with E-state index in [1.807, 2.05) is 6.08 Å². The van der Waals surface area contributed by atoms with Crippen molar-refractivity contribution in [2.75, 3.05) is 0 Å². The Morgan fingerprint density at radius 1 is 1.33 bits per heavy atom. The molecular formula is C6H5NO2. The minimum absolute atomic E-state index is 0.734. The van der Waals surface area contributed by atoms with Gasteiger partial charge in [0.05, 0.1) is 12.5 Å². The molecular weight excluding hydrogens is 118 g/mol. The van der Waals surface area contributed by atoms with Crippen LogP contribution in [0.2, 0.25) is 0 Å². The van der Waals surface area contributed by atoms with Crippen LogP contribution in [0.5, 0.6) is 0 Å². The molecule has 2 heterocycles. The predicted molar refractivity (Wildman–Crippen MR) is 30.6 cm³/mol. The summed E-state index contributed by atoms with van der Waals surface area (Å²) in [5.74, 6) is 1.47. The van der Waals surface area contributed by atoms with Crippen molar-refractivity contribution in [2.45, 2.75) is 0 Å². The van der Waals surface area contributed by atoms with E-state index >= 15 is 0 Å². The highest BCUT2D eigenvalue weighted by molar-refractivity contribution is 5.29. The van der Waals surface area contributed by atoms with Gasteiger partial charge >= 0.3 is 0 Å². The first-order valence-electron chi connectivity index (χ1n) is 2.63. The number of hydroxylamine groups is 1. The highest BCUT2D eigenvalue weighted by Gasteiger charge is 2.14. The van der Waals surface area contributed by atoms with Gasteiger partial charge in [-0.25, -0.2) is 5.48 Å². The maximum Gasteiger partial charge on any atom is 0.199 e. The Morgan fingerprint density at radius 2 is 2.33 bits per heavy atom. The SMILES string of the molecule is C1=COC2=CNOC2=C1. The molecule has 2 aliphatic heterocycles. The third-order valence-corrected chi connectivity index (χ3v) is 1.12. The van der Waals surface area contributed by atoms with E-state index < -0.39 is 0 Å². The van der Waals surface area contributed by atoms with Gasteiger partial charge in [0.25, 0.3) is 0 Å². The number of ether oxygens (including phenoxy) is 1. The third kappa shape index (κ3) is 0.579. The summed E-state index contributed by atoms with van der Waals surface area (Å²) < 4.78 is 5.03. The molecule has 0 spiro atoms. The first kappa shape index (κ1) is 4.49. The molecule has 1 N–H and O–H groups in total. The summed E-state index contributed by atoms with van der Waals surface area (Å²) in [6.07, 6.45) is 6.87. The van der Waals surface area contributed by atoms with Crippen molar-refractivity contribution in [3.8, 4) is 0 Å². The molecule has 0 aromatic rings. The fraction of sp³-hybridized carbons (Fsp3) is 0. The molecule has 0 unspecified atom stereocenters. The minimum atomic E-state index is 0.734. The fourth-order valence-corrected chi connectivity index (χ4v) is 0.715. The first-order valence-corrected chi connectivity index (χ1v) is 2.63. The summed E-state index contributed by atoms with van der Waals surface area (Å²) in [5, 5.41) is 0. The van der Waals surface area contributed by atoms with Crippen LogP contribution in [0.4, 0.5) is 0 Å². The van der Waals surface area contributed by atoms with Crippen LogP contribution in [-0.2, 0) is 9.57 Å². The third-order valence-electron chi connectivity index (χ3n) is 1.12. The van der Waals surface area contributed by atoms with Crippen LogP contribution in [-0.4, -0.2) is 0 Å². The predicted octanol–water partition coefficient (Wildman–Crippen LogP) is 0.790.